The monoisotopic (exact) mass is 297 g/mol. The van der Waals surface area contributed by atoms with Gasteiger partial charge < -0.3 is 5.32 Å². The van der Waals surface area contributed by atoms with E-state index in [-0.39, 0.29) is 0 Å². The lowest BCUT2D eigenvalue weighted by atomic mass is 9.68. The van der Waals surface area contributed by atoms with Gasteiger partial charge in [0, 0.05) is 7.05 Å². The van der Waals surface area contributed by atoms with E-state index in [1.54, 1.807) is 6.20 Å². The van der Waals surface area contributed by atoms with Crippen LogP contribution in [0.5, 0.6) is 0 Å². The summed E-state index contributed by atoms with van der Waals surface area (Å²) in [5.41, 5.74) is 1.57. The maximum atomic E-state index is 6.32. The molecule has 1 N–H and O–H groups in total. The van der Waals surface area contributed by atoms with Crippen molar-refractivity contribution >= 4 is 11.6 Å². The van der Waals surface area contributed by atoms with Crippen molar-refractivity contribution in [2.75, 3.05) is 7.05 Å². The van der Waals surface area contributed by atoms with E-state index in [4.69, 9.17) is 11.6 Å². The number of aromatic nitrogens is 2. The molecule has 114 valence electrons. The number of hydrogen-bond acceptors (Lipinski definition) is 2. The van der Waals surface area contributed by atoms with E-state index in [1.165, 1.54) is 25.7 Å². The smallest absolute Gasteiger partial charge is 0.0834 e. The zero-order valence-corrected chi connectivity index (χ0v) is 14.2. The van der Waals surface area contributed by atoms with Crippen LogP contribution in [-0.2, 0) is 7.05 Å². The molecule has 1 fully saturated rings. The molecule has 1 aromatic heterocycles. The van der Waals surface area contributed by atoms with Crippen LogP contribution in [0.25, 0.3) is 0 Å². The molecule has 3 nitrogen and oxygen atoms in total. The molecule has 0 amide bonds. The quantitative estimate of drug-likeness (QED) is 0.907. The summed E-state index contributed by atoms with van der Waals surface area (Å²) < 4.78 is 1.92. The maximum Gasteiger partial charge on any atom is 0.0834 e. The fourth-order valence-electron chi connectivity index (χ4n) is 3.68. The first-order valence-electron chi connectivity index (χ1n) is 7.69. The van der Waals surface area contributed by atoms with E-state index in [1.807, 2.05) is 18.8 Å². The van der Waals surface area contributed by atoms with E-state index < -0.39 is 0 Å². The fraction of sp³-hybridized carbons (Fsp3) is 0.812. The molecule has 20 heavy (non-hydrogen) atoms. The number of aryl methyl sites for hydroxylation is 1. The van der Waals surface area contributed by atoms with Crippen molar-refractivity contribution in [2.24, 2.45) is 24.3 Å². The van der Waals surface area contributed by atoms with Crippen molar-refractivity contribution in [1.29, 1.82) is 0 Å². The van der Waals surface area contributed by atoms with Crippen molar-refractivity contribution in [3.05, 3.63) is 16.9 Å². The van der Waals surface area contributed by atoms with Gasteiger partial charge in [-0.25, -0.2) is 0 Å². The van der Waals surface area contributed by atoms with Crippen molar-refractivity contribution in [3.63, 3.8) is 0 Å². The minimum Gasteiger partial charge on any atom is -0.311 e. The largest absolute Gasteiger partial charge is 0.311 e. The lowest BCUT2D eigenvalue weighted by molar-refractivity contribution is 0.132. The van der Waals surface area contributed by atoms with Gasteiger partial charge in [0.1, 0.15) is 0 Å². The van der Waals surface area contributed by atoms with Crippen LogP contribution in [0.2, 0.25) is 5.02 Å². The first kappa shape index (κ1) is 15.8. The van der Waals surface area contributed by atoms with Crippen LogP contribution in [0.15, 0.2) is 6.20 Å². The average molecular weight is 298 g/mol. The summed E-state index contributed by atoms with van der Waals surface area (Å²) >= 11 is 6.32. The number of rotatable bonds is 3. The van der Waals surface area contributed by atoms with Gasteiger partial charge in [0.05, 0.1) is 23.0 Å². The first-order chi connectivity index (χ1) is 9.34. The third kappa shape index (κ3) is 3.20. The molecule has 0 aliphatic heterocycles. The summed E-state index contributed by atoms with van der Waals surface area (Å²) in [6.07, 6.45) is 6.94. The molecule has 1 aromatic rings. The highest BCUT2D eigenvalue weighted by Crippen LogP contribution is 2.44. The number of hydrogen-bond donors (Lipinski definition) is 1. The van der Waals surface area contributed by atoms with Crippen LogP contribution in [0.3, 0.4) is 0 Å². The second-order valence-corrected chi connectivity index (χ2v) is 7.65. The van der Waals surface area contributed by atoms with Crippen LogP contribution in [0, 0.1) is 17.3 Å². The highest BCUT2D eigenvalue weighted by atomic mass is 35.5. The van der Waals surface area contributed by atoms with Crippen LogP contribution in [-0.4, -0.2) is 16.8 Å². The molecule has 4 heteroatoms. The molecular weight excluding hydrogens is 270 g/mol. The third-order valence-corrected chi connectivity index (χ3v) is 5.30. The minimum absolute atomic E-state index is 0.316. The van der Waals surface area contributed by atoms with Gasteiger partial charge >= 0.3 is 0 Å². The van der Waals surface area contributed by atoms with E-state index in [2.05, 4.69) is 31.2 Å². The molecule has 0 spiro atoms. The summed E-state index contributed by atoms with van der Waals surface area (Å²) in [6, 6.07) is 0.316. The van der Waals surface area contributed by atoms with Gasteiger partial charge in [-0.15, -0.1) is 0 Å². The number of nitrogens with zero attached hydrogens (tertiary/aromatic N) is 2. The minimum atomic E-state index is 0.316. The van der Waals surface area contributed by atoms with Crippen LogP contribution in [0.4, 0.5) is 0 Å². The normalized spacial score (nSPS) is 25.7. The van der Waals surface area contributed by atoms with Crippen LogP contribution >= 0.6 is 11.6 Å². The highest BCUT2D eigenvalue weighted by Gasteiger charge is 2.34. The molecule has 2 rings (SSSR count). The molecule has 0 bridgehead atoms. The molecule has 0 saturated heterocycles. The van der Waals surface area contributed by atoms with E-state index in [0.29, 0.717) is 17.4 Å². The van der Waals surface area contributed by atoms with Crippen LogP contribution in [0.1, 0.15) is 58.2 Å². The predicted octanol–water partition coefficient (Wildman–Crippen LogP) is 4.19. The lowest BCUT2D eigenvalue weighted by Gasteiger charge is -2.39. The van der Waals surface area contributed by atoms with Crippen LogP contribution < -0.4 is 5.32 Å². The Labute approximate surface area is 128 Å². The molecule has 1 saturated carbocycles. The second-order valence-electron chi connectivity index (χ2n) is 7.25. The van der Waals surface area contributed by atoms with Gasteiger partial charge in [-0.05, 0) is 50.0 Å². The molecule has 0 radical (unpaired) electrons. The number of halogens is 1. The first-order valence-corrected chi connectivity index (χ1v) is 8.07. The SMILES string of the molecule is CNC(c1c(Cl)cnn1C)C1CCC(C(C)(C)C)CC1. The fourth-order valence-corrected chi connectivity index (χ4v) is 3.97. The van der Waals surface area contributed by atoms with E-state index in [0.717, 1.165) is 16.6 Å². The van der Waals surface area contributed by atoms with Gasteiger partial charge in [0.25, 0.3) is 0 Å². The maximum absolute atomic E-state index is 6.32. The summed E-state index contributed by atoms with van der Waals surface area (Å²) in [5, 5.41) is 8.53. The van der Waals surface area contributed by atoms with E-state index in [9.17, 15) is 0 Å². The molecule has 1 heterocycles. The molecule has 0 aromatic carbocycles. The zero-order valence-electron chi connectivity index (χ0n) is 13.4. The van der Waals surface area contributed by atoms with Crippen molar-refractivity contribution < 1.29 is 0 Å². The Balaban J connectivity index is 2.08. The summed E-state index contributed by atoms with van der Waals surface area (Å²) in [6.45, 7) is 7.10. The summed E-state index contributed by atoms with van der Waals surface area (Å²) in [7, 11) is 4.01. The summed E-state index contributed by atoms with van der Waals surface area (Å²) in [5.74, 6) is 1.50. The lowest BCUT2D eigenvalue weighted by Crippen LogP contribution is -2.33. The standard InChI is InChI=1S/C16H28ClN3/c1-16(2,3)12-8-6-11(7-9-12)14(18-4)15-13(17)10-19-20(15)5/h10-12,14,18H,6-9H2,1-5H3. The molecule has 1 aliphatic rings. The highest BCUT2D eigenvalue weighted by molar-refractivity contribution is 6.31. The van der Waals surface area contributed by atoms with Crippen molar-refractivity contribution in [3.8, 4) is 0 Å². The molecule has 1 unspecified atom stereocenters. The topological polar surface area (TPSA) is 29.9 Å². The Hall–Kier alpha value is -0.540. The number of nitrogens with one attached hydrogen (secondary N) is 1. The third-order valence-electron chi connectivity index (χ3n) is 5.01. The molecule has 1 atom stereocenters. The Morgan fingerprint density at radius 3 is 2.30 bits per heavy atom. The average Bonchev–Trinajstić information content (AvgIpc) is 2.71. The molecule has 1 aliphatic carbocycles. The second kappa shape index (κ2) is 6.07. The Morgan fingerprint density at radius 1 is 1.30 bits per heavy atom. The van der Waals surface area contributed by atoms with Gasteiger partial charge in [-0.2, -0.15) is 5.10 Å². The van der Waals surface area contributed by atoms with Crippen molar-refractivity contribution in [1.82, 2.24) is 15.1 Å². The zero-order chi connectivity index (χ0) is 14.9. The van der Waals surface area contributed by atoms with Gasteiger partial charge in [-0.1, -0.05) is 32.4 Å². The van der Waals surface area contributed by atoms with Gasteiger partial charge in [-0.3, -0.25) is 4.68 Å². The Kier molecular flexibility index (Phi) is 4.80. The Morgan fingerprint density at radius 2 is 1.90 bits per heavy atom. The Bertz CT molecular complexity index is 420. The molecular formula is C16H28ClN3. The van der Waals surface area contributed by atoms with E-state index >= 15 is 0 Å². The summed E-state index contributed by atoms with van der Waals surface area (Å²) in [4.78, 5) is 0. The van der Waals surface area contributed by atoms with Crippen molar-refractivity contribution in [2.45, 2.75) is 52.5 Å². The van der Waals surface area contributed by atoms with Gasteiger partial charge in [0.2, 0.25) is 0 Å². The predicted molar refractivity (Wildman–Crippen MR) is 84.9 cm³/mol. The van der Waals surface area contributed by atoms with Gasteiger partial charge in [0.15, 0.2) is 0 Å².